The summed E-state index contributed by atoms with van der Waals surface area (Å²) in [6, 6.07) is 0. The molecular weight excluding hydrogens is 170 g/mol. The number of esters is 1. The van der Waals surface area contributed by atoms with E-state index < -0.39 is 0 Å². The van der Waals surface area contributed by atoms with E-state index in [1.807, 2.05) is 11.8 Å². The number of morpholine rings is 1. The smallest absolute Gasteiger partial charge is 0.320 e. The van der Waals surface area contributed by atoms with Gasteiger partial charge in [-0.25, -0.2) is 0 Å². The van der Waals surface area contributed by atoms with Gasteiger partial charge in [-0.2, -0.15) is 0 Å². The summed E-state index contributed by atoms with van der Waals surface area (Å²) < 4.78 is 4.95. The largest absolute Gasteiger partial charge is 0.460 e. The van der Waals surface area contributed by atoms with Gasteiger partial charge in [0.25, 0.3) is 0 Å². The quantitative estimate of drug-likeness (QED) is 0.351. The fraction of sp³-hybridized carbons (Fsp3) is 0.556. The van der Waals surface area contributed by atoms with Crippen LogP contribution in [-0.4, -0.2) is 42.9 Å². The summed E-state index contributed by atoms with van der Waals surface area (Å²) in [6.45, 7) is 3.52. The molecule has 0 aliphatic carbocycles. The summed E-state index contributed by atoms with van der Waals surface area (Å²) in [5, 5.41) is 0. The zero-order chi connectivity index (χ0) is 9.68. The van der Waals surface area contributed by atoms with Gasteiger partial charge in [-0.1, -0.05) is 6.08 Å². The van der Waals surface area contributed by atoms with Crippen molar-refractivity contribution in [2.45, 2.75) is 13.0 Å². The minimum atomic E-state index is -0.196. The van der Waals surface area contributed by atoms with Crippen LogP contribution in [0.4, 0.5) is 0 Å². The van der Waals surface area contributed by atoms with Crippen molar-refractivity contribution in [1.29, 1.82) is 0 Å². The number of hydrogen-bond acceptors (Lipinski definition) is 4. The van der Waals surface area contributed by atoms with E-state index in [-0.39, 0.29) is 12.1 Å². The minimum Gasteiger partial charge on any atom is -0.460 e. The van der Waals surface area contributed by atoms with Gasteiger partial charge >= 0.3 is 5.97 Å². The van der Waals surface area contributed by atoms with Gasteiger partial charge in [0, 0.05) is 13.1 Å². The van der Waals surface area contributed by atoms with Crippen molar-refractivity contribution in [2.24, 2.45) is 0 Å². The fourth-order valence-electron chi connectivity index (χ4n) is 1.31. The van der Waals surface area contributed by atoms with E-state index in [0.29, 0.717) is 13.1 Å². The minimum absolute atomic E-state index is 0.0501. The molecule has 0 saturated carbocycles. The highest BCUT2D eigenvalue weighted by Crippen LogP contribution is 2.04. The third-order valence-corrected chi connectivity index (χ3v) is 1.78. The molecule has 0 unspecified atom stereocenters. The average Bonchev–Trinajstić information content (AvgIpc) is 2.03. The number of nitrogens with zero attached hydrogens (tertiary/aromatic N) is 1. The Morgan fingerprint density at radius 2 is 2.46 bits per heavy atom. The second kappa shape index (κ2) is 4.77. The number of carbonyl (C=O) groups is 2. The molecule has 72 valence electrons. The first kappa shape index (κ1) is 9.92. The van der Waals surface area contributed by atoms with E-state index in [1.165, 1.54) is 6.08 Å². The number of carbonyl (C=O) groups excluding carboxylic acids is 2. The Labute approximate surface area is 77.2 Å². The molecule has 13 heavy (non-hydrogen) atoms. The molecule has 1 atom stereocenters. The van der Waals surface area contributed by atoms with Crippen molar-refractivity contribution in [2.75, 3.05) is 19.6 Å². The highest BCUT2D eigenvalue weighted by Gasteiger charge is 2.21. The van der Waals surface area contributed by atoms with Crippen LogP contribution in [0.5, 0.6) is 0 Å². The first-order valence-electron chi connectivity index (χ1n) is 4.24. The standard InChI is InChI=1S/C9H13NO3/c1-8-6-10(4-2-3-5-11)7-9(12)13-8/h2-3,5,8H,4,6-7H2,1H3/t8-/m1/s1. The number of hydrogen-bond donors (Lipinski definition) is 0. The van der Waals surface area contributed by atoms with Crippen LogP contribution in [-0.2, 0) is 14.3 Å². The number of ether oxygens (including phenoxy) is 1. The second-order valence-corrected chi connectivity index (χ2v) is 3.06. The van der Waals surface area contributed by atoms with Crippen LogP contribution < -0.4 is 0 Å². The highest BCUT2D eigenvalue weighted by atomic mass is 16.5. The van der Waals surface area contributed by atoms with Crippen LogP contribution in [0.1, 0.15) is 6.92 Å². The highest BCUT2D eigenvalue weighted by molar-refractivity contribution is 5.72. The van der Waals surface area contributed by atoms with Crippen LogP contribution in [0.15, 0.2) is 12.2 Å². The summed E-state index contributed by atoms with van der Waals surface area (Å²) in [4.78, 5) is 22.9. The summed E-state index contributed by atoms with van der Waals surface area (Å²) in [6.07, 6.45) is 3.85. The molecule has 0 N–H and O–H groups in total. The third-order valence-electron chi connectivity index (χ3n) is 1.78. The fourth-order valence-corrected chi connectivity index (χ4v) is 1.31. The first-order chi connectivity index (χ1) is 6.22. The van der Waals surface area contributed by atoms with Gasteiger partial charge in [-0.05, 0) is 13.0 Å². The number of cyclic esters (lactones) is 1. The summed E-state index contributed by atoms with van der Waals surface area (Å²) >= 11 is 0. The monoisotopic (exact) mass is 183 g/mol. The van der Waals surface area contributed by atoms with E-state index in [2.05, 4.69) is 0 Å². The molecule has 0 radical (unpaired) electrons. The third kappa shape index (κ3) is 3.38. The van der Waals surface area contributed by atoms with Crippen molar-refractivity contribution >= 4 is 12.3 Å². The van der Waals surface area contributed by atoms with Gasteiger partial charge in [-0.3, -0.25) is 14.5 Å². The molecule has 1 heterocycles. The lowest BCUT2D eigenvalue weighted by molar-refractivity contribution is -0.156. The molecule has 4 nitrogen and oxygen atoms in total. The van der Waals surface area contributed by atoms with Gasteiger partial charge < -0.3 is 4.74 Å². The zero-order valence-corrected chi connectivity index (χ0v) is 7.60. The van der Waals surface area contributed by atoms with E-state index in [0.717, 1.165) is 12.8 Å². The van der Waals surface area contributed by atoms with E-state index in [1.54, 1.807) is 6.08 Å². The second-order valence-electron chi connectivity index (χ2n) is 3.06. The van der Waals surface area contributed by atoms with E-state index in [4.69, 9.17) is 4.74 Å². The van der Waals surface area contributed by atoms with Crippen LogP contribution >= 0.6 is 0 Å². The van der Waals surface area contributed by atoms with Gasteiger partial charge in [0.2, 0.25) is 0 Å². The molecule has 1 aliphatic rings. The molecule has 1 saturated heterocycles. The van der Waals surface area contributed by atoms with Crippen molar-refractivity contribution in [1.82, 2.24) is 4.90 Å². The van der Waals surface area contributed by atoms with Gasteiger partial charge in [0.1, 0.15) is 12.4 Å². The lowest BCUT2D eigenvalue weighted by atomic mass is 10.3. The SMILES string of the molecule is C[C@@H]1CN(CC=CC=O)CC(=O)O1. The molecule has 1 aliphatic heterocycles. The van der Waals surface area contributed by atoms with Crippen molar-refractivity contribution in [3.05, 3.63) is 12.2 Å². The van der Waals surface area contributed by atoms with Gasteiger partial charge in [0.05, 0.1) is 6.54 Å². The summed E-state index contributed by atoms with van der Waals surface area (Å²) in [5.74, 6) is -0.196. The summed E-state index contributed by atoms with van der Waals surface area (Å²) in [7, 11) is 0. The predicted molar refractivity (Wildman–Crippen MR) is 47.2 cm³/mol. The Hall–Kier alpha value is -1.16. The Kier molecular flexibility index (Phi) is 3.64. The maximum atomic E-state index is 11.0. The Bertz CT molecular complexity index is 225. The molecule has 0 aromatic heterocycles. The molecular formula is C9H13NO3. The van der Waals surface area contributed by atoms with E-state index >= 15 is 0 Å². The Balaban J connectivity index is 2.37. The molecule has 0 aromatic rings. The lowest BCUT2D eigenvalue weighted by Crippen LogP contribution is -2.44. The van der Waals surface area contributed by atoms with Crippen molar-refractivity contribution in [3.63, 3.8) is 0 Å². The number of rotatable bonds is 3. The van der Waals surface area contributed by atoms with E-state index in [9.17, 15) is 9.59 Å². The molecule has 4 heteroatoms. The average molecular weight is 183 g/mol. The summed E-state index contributed by atoms with van der Waals surface area (Å²) in [5.41, 5.74) is 0. The maximum absolute atomic E-state index is 11.0. The molecule has 0 aromatic carbocycles. The maximum Gasteiger partial charge on any atom is 0.320 e. The molecule has 0 spiro atoms. The van der Waals surface area contributed by atoms with Crippen LogP contribution in [0, 0.1) is 0 Å². The molecule has 1 fully saturated rings. The van der Waals surface area contributed by atoms with Crippen molar-refractivity contribution < 1.29 is 14.3 Å². The number of aldehydes is 1. The Morgan fingerprint density at radius 3 is 3.08 bits per heavy atom. The lowest BCUT2D eigenvalue weighted by Gasteiger charge is -2.28. The first-order valence-corrected chi connectivity index (χ1v) is 4.24. The Morgan fingerprint density at radius 1 is 1.69 bits per heavy atom. The zero-order valence-electron chi connectivity index (χ0n) is 7.60. The molecule has 0 bridgehead atoms. The van der Waals surface area contributed by atoms with Gasteiger partial charge in [-0.15, -0.1) is 0 Å². The van der Waals surface area contributed by atoms with Crippen LogP contribution in [0.2, 0.25) is 0 Å². The van der Waals surface area contributed by atoms with Crippen LogP contribution in [0.25, 0.3) is 0 Å². The van der Waals surface area contributed by atoms with Crippen LogP contribution in [0.3, 0.4) is 0 Å². The van der Waals surface area contributed by atoms with Gasteiger partial charge in [0.15, 0.2) is 0 Å². The number of allylic oxidation sites excluding steroid dienone is 1. The normalized spacial score (nSPS) is 24.7. The molecule has 0 amide bonds. The topological polar surface area (TPSA) is 46.6 Å². The predicted octanol–water partition coefficient (Wildman–Crippen LogP) is -0.0112. The van der Waals surface area contributed by atoms with Crippen molar-refractivity contribution in [3.8, 4) is 0 Å². The molecule has 1 rings (SSSR count).